The van der Waals surface area contributed by atoms with Gasteiger partial charge in [-0.1, -0.05) is 11.6 Å². The molecule has 0 atom stereocenters. The third kappa shape index (κ3) is 1.92. The summed E-state index contributed by atoms with van der Waals surface area (Å²) < 4.78 is 0. The van der Waals surface area contributed by atoms with Gasteiger partial charge < -0.3 is 0 Å². The van der Waals surface area contributed by atoms with E-state index >= 15 is 0 Å². The number of hydrogen-bond acceptors (Lipinski definition) is 1. The number of halogens is 2. The largest absolute Gasteiger partial charge is 0.253 e. The number of fused-ring (bicyclic) bond motifs is 2. The first-order chi connectivity index (χ1) is 8.29. The first-order valence-electron chi connectivity index (χ1n) is 5.95. The van der Waals surface area contributed by atoms with Crippen molar-refractivity contribution in [2.45, 2.75) is 31.6 Å². The van der Waals surface area contributed by atoms with Crippen LogP contribution in [0.1, 0.15) is 29.7 Å². The molecule has 1 aliphatic rings. The van der Waals surface area contributed by atoms with Gasteiger partial charge in [-0.3, -0.25) is 4.98 Å². The zero-order valence-corrected chi connectivity index (χ0v) is 11.0. The number of benzene rings is 1. The molecule has 1 aromatic carbocycles. The van der Waals surface area contributed by atoms with Crippen molar-refractivity contribution in [3.63, 3.8) is 0 Å². The van der Waals surface area contributed by atoms with E-state index < -0.39 is 0 Å². The number of rotatable bonds is 1. The van der Waals surface area contributed by atoms with Crippen molar-refractivity contribution in [3.05, 3.63) is 40.0 Å². The maximum Gasteiger partial charge on any atom is 0.0709 e. The van der Waals surface area contributed by atoms with E-state index in [1.165, 1.54) is 29.7 Å². The SMILES string of the molecule is ClCc1c2c(nc3ccc(Cl)cc13)CCCC2. The molecule has 1 heterocycles. The molecule has 0 saturated carbocycles. The lowest BCUT2D eigenvalue weighted by atomic mass is 9.90. The fourth-order valence-electron chi connectivity index (χ4n) is 2.65. The Morgan fingerprint density at radius 2 is 2.00 bits per heavy atom. The third-order valence-corrected chi connectivity index (χ3v) is 3.98. The summed E-state index contributed by atoms with van der Waals surface area (Å²) in [6.07, 6.45) is 4.66. The van der Waals surface area contributed by atoms with Crippen LogP contribution in [0, 0.1) is 0 Å². The Hall–Kier alpha value is -0.790. The minimum atomic E-state index is 0.543. The van der Waals surface area contributed by atoms with Crippen molar-refractivity contribution in [3.8, 4) is 0 Å². The number of aromatic nitrogens is 1. The van der Waals surface area contributed by atoms with Crippen molar-refractivity contribution in [1.29, 1.82) is 0 Å². The van der Waals surface area contributed by atoms with Crippen molar-refractivity contribution in [1.82, 2.24) is 4.98 Å². The van der Waals surface area contributed by atoms with Crippen LogP contribution in [-0.2, 0) is 18.7 Å². The summed E-state index contributed by atoms with van der Waals surface area (Å²) in [5.74, 6) is 0.543. The van der Waals surface area contributed by atoms with Crippen LogP contribution >= 0.6 is 23.2 Å². The van der Waals surface area contributed by atoms with Crippen LogP contribution in [0.2, 0.25) is 5.02 Å². The molecule has 3 rings (SSSR count). The quantitative estimate of drug-likeness (QED) is 0.692. The smallest absolute Gasteiger partial charge is 0.0709 e. The lowest BCUT2D eigenvalue weighted by Gasteiger charge is -2.19. The first kappa shape index (κ1) is 11.3. The van der Waals surface area contributed by atoms with E-state index in [0.29, 0.717) is 5.88 Å². The van der Waals surface area contributed by atoms with Gasteiger partial charge in [0, 0.05) is 22.0 Å². The number of aryl methyl sites for hydroxylation is 1. The standard InChI is InChI=1S/C14H13Cl2N/c15-8-12-10-3-1-2-4-13(10)17-14-6-5-9(16)7-11(12)14/h5-7H,1-4,8H2. The molecular weight excluding hydrogens is 253 g/mol. The van der Waals surface area contributed by atoms with Gasteiger partial charge in [-0.25, -0.2) is 0 Å². The Bertz CT molecular complexity index is 578. The van der Waals surface area contributed by atoms with Gasteiger partial charge in [0.05, 0.1) is 5.52 Å². The molecule has 1 aromatic heterocycles. The van der Waals surface area contributed by atoms with Crippen molar-refractivity contribution >= 4 is 34.1 Å². The monoisotopic (exact) mass is 265 g/mol. The molecule has 0 unspecified atom stereocenters. The highest BCUT2D eigenvalue weighted by atomic mass is 35.5. The van der Waals surface area contributed by atoms with Crippen LogP contribution in [-0.4, -0.2) is 4.98 Å². The van der Waals surface area contributed by atoms with E-state index in [1.54, 1.807) is 0 Å². The predicted octanol–water partition coefficient (Wildman–Crippen LogP) is 4.51. The van der Waals surface area contributed by atoms with Crippen LogP contribution in [0.5, 0.6) is 0 Å². The van der Waals surface area contributed by atoms with Gasteiger partial charge in [0.1, 0.15) is 0 Å². The maximum atomic E-state index is 6.12. The second-order valence-corrected chi connectivity index (χ2v) is 5.22. The Labute approximate surface area is 111 Å². The van der Waals surface area contributed by atoms with Gasteiger partial charge in [0.25, 0.3) is 0 Å². The van der Waals surface area contributed by atoms with E-state index in [2.05, 4.69) is 0 Å². The molecule has 17 heavy (non-hydrogen) atoms. The minimum absolute atomic E-state index is 0.543. The van der Waals surface area contributed by atoms with Crippen molar-refractivity contribution in [2.24, 2.45) is 0 Å². The second kappa shape index (κ2) is 4.47. The second-order valence-electron chi connectivity index (χ2n) is 4.52. The Morgan fingerprint density at radius 1 is 1.18 bits per heavy atom. The first-order valence-corrected chi connectivity index (χ1v) is 6.86. The highest BCUT2D eigenvalue weighted by Gasteiger charge is 2.17. The molecule has 88 valence electrons. The van der Waals surface area contributed by atoms with Crippen LogP contribution in [0.4, 0.5) is 0 Å². The molecule has 0 amide bonds. The Morgan fingerprint density at radius 3 is 2.82 bits per heavy atom. The molecule has 0 saturated heterocycles. The molecule has 0 fully saturated rings. The normalized spacial score (nSPS) is 14.9. The molecule has 0 N–H and O–H groups in total. The molecule has 0 radical (unpaired) electrons. The molecule has 3 heteroatoms. The van der Waals surface area contributed by atoms with E-state index in [9.17, 15) is 0 Å². The van der Waals surface area contributed by atoms with E-state index in [1.807, 2.05) is 18.2 Å². The molecule has 1 nitrogen and oxygen atoms in total. The average molecular weight is 266 g/mol. The van der Waals surface area contributed by atoms with Crippen LogP contribution < -0.4 is 0 Å². The highest BCUT2D eigenvalue weighted by molar-refractivity contribution is 6.31. The number of hydrogen-bond donors (Lipinski definition) is 0. The number of nitrogens with zero attached hydrogens (tertiary/aromatic N) is 1. The van der Waals surface area contributed by atoms with Gasteiger partial charge in [-0.2, -0.15) is 0 Å². The minimum Gasteiger partial charge on any atom is -0.253 e. The summed E-state index contributed by atoms with van der Waals surface area (Å²) in [7, 11) is 0. The lowest BCUT2D eigenvalue weighted by Crippen LogP contribution is -2.09. The Balaban J connectivity index is 2.35. The topological polar surface area (TPSA) is 12.9 Å². The van der Waals surface area contributed by atoms with Gasteiger partial charge in [0.2, 0.25) is 0 Å². The zero-order valence-electron chi connectivity index (χ0n) is 9.47. The van der Waals surface area contributed by atoms with E-state index in [0.717, 1.165) is 28.8 Å². The fraction of sp³-hybridized carbons (Fsp3) is 0.357. The van der Waals surface area contributed by atoms with Gasteiger partial charge in [0.15, 0.2) is 0 Å². The van der Waals surface area contributed by atoms with Gasteiger partial charge >= 0.3 is 0 Å². The Kier molecular flexibility index (Phi) is 2.97. The van der Waals surface area contributed by atoms with Crippen LogP contribution in [0.25, 0.3) is 10.9 Å². The molecule has 1 aliphatic carbocycles. The maximum absolute atomic E-state index is 6.12. The molecule has 0 aliphatic heterocycles. The average Bonchev–Trinajstić information content (AvgIpc) is 2.36. The summed E-state index contributed by atoms with van der Waals surface area (Å²) in [5.41, 5.74) is 4.85. The number of pyridine rings is 1. The third-order valence-electron chi connectivity index (χ3n) is 3.48. The summed E-state index contributed by atoms with van der Waals surface area (Å²) in [6.45, 7) is 0. The number of alkyl halides is 1. The van der Waals surface area contributed by atoms with Crippen LogP contribution in [0.3, 0.4) is 0 Å². The predicted molar refractivity (Wildman–Crippen MR) is 73.0 cm³/mol. The fourth-order valence-corrected chi connectivity index (χ4v) is 3.12. The van der Waals surface area contributed by atoms with Crippen molar-refractivity contribution in [2.75, 3.05) is 0 Å². The van der Waals surface area contributed by atoms with Crippen LogP contribution in [0.15, 0.2) is 18.2 Å². The summed E-state index contributed by atoms with van der Waals surface area (Å²) in [4.78, 5) is 4.75. The van der Waals surface area contributed by atoms with Crippen molar-refractivity contribution < 1.29 is 0 Å². The van der Waals surface area contributed by atoms with Gasteiger partial charge in [-0.15, -0.1) is 11.6 Å². The molecular formula is C14H13Cl2N. The van der Waals surface area contributed by atoms with E-state index in [4.69, 9.17) is 28.2 Å². The summed E-state index contributed by atoms with van der Waals surface area (Å²) in [6, 6.07) is 5.86. The molecule has 0 spiro atoms. The van der Waals surface area contributed by atoms with Gasteiger partial charge in [-0.05, 0) is 55.0 Å². The highest BCUT2D eigenvalue weighted by Crippen LogP contribution is 2.31. The molecule has 0 bridgehead atoms. The zero-order chi connectivity index (χ0) is 11.8. The summed E-state index contributed by atoms with van der Waals surface area (Å²) >= 11 is 12.2. The molecule has 2 aromatic rings. The summed E-state index contributed by atoms with van der Waals surface area (Å²) in [5, 5.41) is 1.87. The lowest BCUT2D eigenvalue weighted by molar-refractivity contribution is 0.667. The van der Waals surface area contributed by atoms with E-state index in [-0.39, 0.29) is 0 Å².